The number of rotatable bonds is 54. The van der Waals surface area contributed by atoms with Gasteiger partial charge < -0.3 is 14.2 Å². The van der Waals surface area contributed by atoms with Gasteiger partial charge in [0.05, 0.1) is 0 Å². The van der Waals surface area contributed by atoms with Gasteiger partial charge in [-0.15, -0.1) is 0 Å². The fraction of sp³-hybridized carbons (Fsp3) is 0.949. The van der Waals surface area contributed by atoms with Crippen LogP contribution in [0, 0.1) is 5.92 Å². The predicted molar refractivity (Wildman–Crippen MR) is 280 cm³/mol. The lowest BCUT2D eigenvalue weighted by molar-refractivity contribution is -0.167. The van der Waals surface area contributed by atoms with E-state index in [9.17, 15) is 14.4 Å². The quantitative estimate of drug-likeness (QED) is 0.0344. The summed E-state index contributed by atoms with van der Waals surface area (Å²) in [6.07, 6.45) is 58.0. The number of hydrogen-bond donors (Lipinski definition) is 0. The van der Waals surface area contributed by atoms with Crippen molar-refractivity contribution in [3.63, 3.8) is 0 Å². The average Bonchev–Trinajstić information content (AvgIpc) is 3.29. The number of carbonyl (C=O) groups is 3. The molecule has 0 aromatic heterocycles. The van der Waals surface area contributed by atoms with Gasteiger partial charge in [-0.1, -0.05) is 297 Å². The molecule has 1 atom stereocenters. The summed E-state index contributed by atoms with van der Waals surface area (Å²) in [4.78, 5) is 38.2. The van der Waals surface area contributed by atoms with Crippen molar-refractivity contribution in [1.82, 2.24) is 0 Å². The molecule has 0 fully saturated rings. The molecule has 0 aliphatic carbocycles. The second-order valence-electron chi connectivity index (χ2n) is 20.8. The minimum Gasteiger partial charge on any atom is -0.462 e. The van der Waals surface area contributed by atoms with Gasteiger partial charge in [-0.25, -0.2) is 0 Å². The van der Waals surface area contributed by atoms with E-state index in [4.69, 9.17) is 14.2 Å². The minimum atomic E-state index is -0.762. The number of ether oxygens (including phenoxy) is 3. The molecule has 6 nitrogen and oxygen atoms in total. The molecule has 0 saturated heterocycles. The van der Waals surface area contributed by atoms with Crippen LogP contribution < -0.4 is 0 Å². The second-order valence-corrected chi connectivity index (χ2v) is 20.8. The molecule has 386 valence electrons. The number of hydrogen-bond acceptors (Lipinski definition) is 6. The van der Waals surface area contributed by atoms with E-state index in [0.29, 0.717) is 19.3 Å². The summed E-state index contributed by atoms with van der Waals surface area (Å²) in [6.45, 7) is 9.06. The first kappa shape index (κ1) is 63.4. The highest BCUT2D eigenvalue weighted by atomic mass is 16.6. The third-order valence-corrected chi connectivity index (χ3v) is 13.5. The summed E-state index contributed by atoms with van der Waals surface area (Å²) in [5.41, 5.74) is 0. The fourth-order valence-corrected chi connectivity index (χ4v) is 9.10. The molecule has 0 aromatic rings. The SMILES string of the molecule is CCCCCCCCCCCCCCCCCCCC(=O)O[C@@H](COC(=O)CCCCCCCCCCCCCCCCC)COC(=O)CCCCCCCCCCCCCCC(C)C. The summed E-state index contributed by atoms with van der Waals surface area (Å²) in [6, 6.07) is 0. The third kappa shape index (κ3) is 53.2. The monoisotopic (exact) mass is 919 g/mol. The first-order valence-electron chi connectivity index (χ1n) is 29.4. The Hall–Kier alpha value is -1.59. The van der Waals surface area contributed by atoms with Gasteiger partial charge in [0.2, 0.25) is 0 Å². The molecule has 0 aliphatic heterocycles. The van der Waals surface area contributed by atoms with Gasteiger partial charge in [0.1, 0.15) is 13.2 Å². The maximum Gasteiger partial charge on any atom is 0.306 e. The van der Waals surface area contributed by atoms with Gasteiger partial charge in [-0.2, -0.15) is 0 Å². The van der Waals surface area contributed by atoms with Crippen LogP contribution in [0.5, 0.6) is 0 Å². The van der Waals surface area contributed by atoms with Gasteiger partial charge >= 0.3 is 17.9 Å². The van der Waals surface area contributed by atoms with Crippen molar-refractivity contribution in [3.05, 3.63) is 0 Å². The van der Waals surface area contributed by atoms with Crippen molar-refractivity contribution in [1.29, 1.82) is 0 Å². The number of carbonyl (C=O) groups excluding carboxylic acids is 3. The molecule has 0 saturated carbocycles. The van der Waals surface area contributed by atoms with Crippen LogP contribution in [0.4, 0.5) is 0 Å². The molecule has 6 heteroatoms. The lowest BCUT2D eigenvalue weighted by atomic mass is 10.0. The highest BCUT2D eigenvalue weighted by Crippen LogP contribution is 2.18. The number of unbranched alkanes of at least 4 members (excludes halogenated alkanes) is 41. The van der Waals surface area contributed by atoms with Crippen molar-refractivity contribution in [2.24, 2.45) is 5.92 Å². The summed E-state index contributed by atoms with van der Waals surface area (Å²) in [5.74, 6) is 0.0000240. The average molecular weight is 920 g/mol. The Labute approximate surface area is 406 Å². The van der Waals surface area contributed by atoms with E-state index in [2.05, 4.69) is 27.7 Å². The van der Waals surface area contributed by atoms with Gasteiger partial charge in [0.15, 0.2) is 6.10 Å². The first-order chi connectivity index (χ1) is 31.9. The Bertz CT molecular complexity index is 980. The van der Waals surface area contributed by atoms with Gasteiger partial charge in [-0.05, 0) is 25.2 Å². The molecular weight excluding hydrogens is 805 g/mol. The van der Waals surface area contributed by atoms with Gasteiger partial charge in [0, 0.05) is 19.3 Å². The molecule has 0 N–H and O–H groups in total. The third-order valence-electron chi connectivity index (χ3n) is 13.5. The zero-order valence-electron chi connectivity index (χ0n) is 44.5. The van der Waals surface area contributed by atoms with Crippen LogP contribution in [0.3, 0.4) is 0 Å². The predicted octanol–water partition coefficient (Wildman–Crippen LogP) is 19.4. The minimum absolute atomic E-state index is 0.0617. The van der Waals surface area contributed by atoms with Crippen LogP contribution in [0.1, 0.15) is 336 Å². The highest BCUT2D eigenvalue weighted by Gasteiger charge is 2.19. The largest absolute Gasteiger partial charge is 0.462 e. The smallest absolute Gasteiger partial charge is 0.306 e. The zero-order chi connectivity index (χ0) is 47.4. The van der Waals surface area contributed by atoms with Crippen molar-refractivity contribution in [2.75, 3.05) is 13.2 Å². The molecule has 0 aliphatic rings. The van der Waals surface area contributed by atoms with Crippen LogP contribution in [0.25, 0.3) is 0 Å². The molecule has 0 amide bonds. The summed E-state index contributed by atoms with van der Waals surface area (Å²) < 4.78 is 16.9. The lowest BCUT2D eigenvalue weighted by Gasteiger charge is -2.18. The Morgan fingerprint density at radius 2 is 0.508 bits per heavy atom. The molecular formula is C59H114O6. The molecule has 65 heavy (non-hydrogen) atoms. The van der Waals surface area contributed by atoms with E-state index >= 15 is 0 Å². The highest BCUT2D eigenvalue weighted by molar-refractivity contribution is 5.71. The van der Waals surface area contributed by atoms with E-state index in [-0.39, 0.29) is 31.1 Å². The maximum absolute atomic E-state index is 12.9. The van der Waals surface area contributed by atoms with E-state index in [0.717, 1.165) is 63.7 Å². The van der Waals surface area contributed by atoms with Crippen molar-refractivity contribution < 1.29 is 28.6 Å². The fourth-order valence-electron chi connectivity index (χ4n) is 9.10. The molecule has 0 rings (SSSR count). The van der Waals surface area contributed by atoms with E-state index < -0.39 is 6.10 Å². The zero-order valence-corrected chi connectivity index (χ0v) is 44.5. The van der Waals surface area contributed by atoms with Crippen LogP contribution >= 0.6 is 0 Å². The van der Waals surface area contributed by atoms with Crippen molar-refractivity contribution >= 4 is 17.9 Å². The Morgan fingerprint density at radius 3 is 0.754 bits per heavy atom. The van der Waals surface area contributed by atoms with E-state index in [1.54, 1.807) is 0 Å². The Morgan fingerprint density at radius 1 is 0.292 bits per heavy atom. The van der Waals surface area contributed by atoms with E-state index in [1.807, 2.05) is 0 Å². The van der Waals surface area contributed by atoms with Crippen LogP contribution in [0.2, 0.25) is 0 Å². The Balaban J connectivity index is 4.30. The molecule has 0 bridgehead atoms. The van der Waals surface area contributed by atoms with Gasteiger partial charge in [-0.3, -0.25) is 14.4 Å². The van der Waals surface area contributed by atoms with Gasteiger partial charge in [0.25, 0.3) is 0 Å². The standard InChI is InChI=1S/C59H114O6/c1-5-7-9-11-13-15-17-19-21-22-24-26-32-36-40-44-48-52-59(62)65-56(53-63-57(60)50-46-42-38-34-30-25-23-20-18-16-14-12-10-8-6-2)54-64-58(61)51-47-43-39-35-31-28-27-29-33-37-41-45-49-55(3)4/h55-56H,5-54H2,1-4H3/t56-/m0/s1. The molecule has 0 heterocycles. The summed E-state index contributed by atoms with van der Waals surface area (Å²) >= 11 is 0. The first-order valence-corrected chi connectivity index (χ1v) is 29.4. The Kier molecular flexibility index (Phi) is 52.1. The van der Waals surface area contributed by atoms with Crippen LogP contribution in [-0.2, 0) is 28.6 Å². The topological polar surface area (TPSA) is 78.9 Å². The normalized spacial score (nSPS) is 12.0. The summed E-state index contributed by atoms with van der Waals surface area (Å²) in [7, 11) is 0. The second kappa shape index (κ2) is 53.4. The number of esters is 3. The molecule has 0 aromatic carbocycles. The maximum atomic E-state index is 12.9. The van der Waals surface area contributed by atoms with E-state index in [1.165, 1.54) is 231 Å². The molecule has 0 radical (unpaired) electrons. The molecule has 0 spiro atoms. The summed E-state index contributed by atoms with van der Waals surface area (Å²) in [5, 5.41) is 0. The van der Waals surface area contributed by atoms with Crippen LogP contribution in [-0.4, -0.2) is 37.2 Å². The molecule has 0 unspecified atom stereocenters. The van der Waals surface area contributed by atoms with Crippen molar-refractivity contribution in [3.8, 4) is 0 Å². The lowest BCUT2D eigenvalue weighted by Crippen LogP contribution is -2.30. The van der Waals surface area contributed by atoms with Crippen LogP contribution in [0.15, 0.2) is 0 Å². The van der Waals surface area contributed by atoms with Crippen molar-refractivity contribution in [2.45, 2.75) is 342 Å².